The van der Waals surface area contributed by atoms with Gasteiger partial charge in [-0.3, -0.25) is 0 Å². The first kappa shape index (κ1) is 20.7. The van der Waals surface area contributed by atoms with Crippen molar-refractivity contribution in [3.05, 3.63) is 81.5 Å². The summed E-state index contributed by atoms with van der Waals surface area (Å²) in [6, 6.07) is 19.9. The van der Waals surface area contributed by atoms with E-state index in [0.29, 0.717) is 17.8 Å². The molecule has 0 saturated carbocycles. The van der Waals surface area contributed by atoms with Crippen LogP contribution in [-0.4, -0.2) is 32.3 Å². The Morgan fingerprint density at radius 2 is 1.68 bits per heavy atom. The van der Waals surface area contributed by atoms with Gasteiger partial charge in [-0.15, -0.1) is 11.3 Å². The number of thiophene rings is 1. The Morgan fingerprint density at radius 3 is 2.35 bits per heavy atom. The zero-order valence-electron chi connectivity index (χ0n) is 17.0. The molecule has 0 unspecified atom stereocenters. The van der Waals surface area contributed by atoms with Crippen LogP contribution in [0.25, 0.3) is 11.1 Å². The number of amides is 1. The quantitative estimate of drug-likeness (QED) is 0.358. The Kier molecular flexibility index (Phi) is 6.34. The van der Waals surface area contributed by atoms with E-state index in [1.165, 1.54) is 40.7 Å². The van der Waals surface area contributed by atoms with Crippen LogP contribution in [0.1, 0.15) is 38.0 Å². The van der Waals surface area contributed by atoms with Crippen molar-refractivity contribution in [1.29, 1.82) is 0 Å². The van der Waals surface area contributed by atoms with E-state index in [2.05, 4.69) is 46.2 Å². The predicted molar refractivity (Wildman–Crippen MR) is 120 cm³/mol. The molecule has 6 heteroatoms. The number of nitrogens with one attached hydrogen (secondary N) is 1. The lowest BCUT2D eigenvalue weighted by molar-refractivity contribution is 0.0606. The SMILES string of the molecule is COC(=O)c1ccc(C#CCCNC(=O)OCC2c3ccccc3-c3ccccc32)s1. The van der Waals surface area contributed by atoms with Gasteiger partial charge in [0.25, 0.3) is 0 Å². The van der Waals surface area contributed by atoms with Crippen LogP contribution in [0.15, 0.2) is 60.7 Å². The molecule has 31 heavy (non-hydrogen) atoms. The van der Waals surface area contributed by atoms with Crippen LogP contribution in [0.5, 0.6) is 0 Å². The van der Waals surface area contributed by atoms with E-state index in [1.54, 1.807) is 12.1 Å². The highest BCUT2D eigenvalue weighted by Gasteiger charge is 2.28. The fourth-order valence-electron chi connectivity index (χ4n) is 3.64. The number of rotatable bonds is 5. The molecule has 1 aromatic heterocycles. The number of esters is 1. The van der Waals surface area contributed by atoms with Gasteiger partial charge in [0.2, 0.25) is 0 Å². The molecule has 0 radical (unpaired) electrons. The van der Waals surface area contributed by atoms with Gasteiger partial charge < -0.3 is 14.8 Å². The Hall–Kier alpha value is -3.56. The molecule has 0 spiro atoms. The van der Waals surface area contributed by atoms with E-state index < -0.39 is 6.09 Å². The summed E-state index contributed by atoms with van der Waals surface area (Å²) in [6.07, 6.45) is 0.0307. The highest BCUT2D eigenvalue weighted by Crippen LogP contribution is 2.44. The van der Waals surface area contributed by atoms with Gasteiger partial charge in [-0.05, 0) is 34.4 Å². The molecule has 5 nitrogen and oxygen atoms in total. The molecule has 0 atom stereocenters. The predicted octanol–water partition coefficient (Wildman–Crippen LogP) is 4.82. The minimum absolute atomic E-state index is 0.0424. The third kappa shape index (κ3) is 4.62. The average molecular weight is 432 g/mol. The van der Waals surface area contributed by atoms with Gasteiger partial charge in [-0.2, -0.15) is 0 Å². The number of ether oxygens (including phenoxy) is 2. The molecular weight excluding hydrogens is 410 g/mol. The lowest BCUT2D eigenvalue weighted by atomic mass is 9.98. The summed E-state index contributed by atoms with van der Waals surface area (Å²) in [5.41, 5.74) is 4.77. The molecule has 2 aromatic carbocycles. The van der Waals surface area contributed by atoms with Crippen LogP contribution in [0.3, 0.4) is 0 Å². The summed E-state index contributed by atoms with van der Waals surface area (Å²) in [7, 11) is 1.35. The van der Waals surface area contributed by atoms with Crippen LogP contribution < -0.4 is 5.32 Å². The zero-order valence-corrected chi connectivity index (χ0v) is 17.8. The monoisotopic (exact) mass is 431 g/mol. The molecule has 0 fully saturated rings. The summed E-state index contributed by atoms with van der Waals surface area (Å²) < 4.78 is 10.2. The van der Waals surface area contributed by atoms with Gasteiger partial charge in [0.15, 0.2) is 0 Å². The van der Waals surface area contributed by atoms with Crippen molar-refractivity contribution < 1.29 is 19.1 Å². The molecular formula is C25H21NO4S. The maximum Gasteiger partial charge on any atom is 0.407 e. The van der Waals surface area contributed by atoms with Gasteiger partial charge in [0.05, 0.1) is 12.0 Å². The molecule has 1 heterocycles. The number of carbonyl (C=O) groups is 2. The van der Waals surface area contributed by atoms with Gasteiger partial charge >= 0.3 is 12.1 Å². The first-order chi connectivity index (χ1) is 15.2. The summed E-state index contributed by atoms with van der Waals surface area (Å²) >= 11 is 1.28. The fraction of sp³-hybridized carbons (Fsp3) is 0.200. The van der Waals surface area contributed by atoms with Gasteiger partial charge in [0, 0.05) is 18.9 Å². The van der Waals surface area contributed by atoms with Crippen molar-refractivity contribution >= 4 is 23.4 Å². The number of alkyl carbamates (subject to hydrolysis) is 1. The van der Waals surface area contributed by atoms with Crippen LogP contribution in [0.2, 0.25) is 0 Å². The molecule has 1 N–H and O–H groups in total. The number of methoxy groups -OCH3 is 1. The zero-order chi connectivity index (χ0) is 21.6. The summed E-state index contributed by atoms with van der Waals surface area (Å²) in [5, 5.41) is 2.74. The molecule has 0 bridgehead atoms. The van der Waals surface area contributed by atoms with Crippen molar-refractivity contribution in [1.82, 2.24) is 5.32 Å². The number of fused-ring (bicyclic) bond motifs is 3. The minimum atomic E-state index is -0.451. The summed E-state index contributed by atoms with van der Waals surface area (Å²) in [4.78, 5) is 24.9. The lowest BCUT2D eigenvalue weighted by Gasteiger charge is -2.14. The average Bonchev–Trinajstić information content (AvgIpc) is 3.40. The van der Waals surface area contributed by atoms with Crippen LogP contribution in [0, 0.1) is 11.8 Å². The highest BCUT2D eigenvalue weighted by atomic mass is 32.1. The Labute approximate surface area is 185 Å². The van der Waals surface area contributed by atoms with Crippen molar-refractivity contribution in [3.63, 3.8) is 0 Å². The molecule has 1 amide bonds. The Bertz CT molecular complexity index is 1130. The van der Waals surface area contributed by atoms with Crippen LogP contribution in [0.4, 0.5) is 4.79 Å². The highest BCUT2D eigenvalue weighted by molar-refractivity contribution is 7.14. The van der Waals surface area contributed by atoms with Crippen LogP contribution in [-0.2, 0) is 9.47 Å². The topological polar surface area (TPSA) is 64.6 Å². The first-order valence-corrected chi connectivity index (χ1v) is 10.7. The van der Waals surface area contributed by atoms with Gasteiger partial charge in [-0.25, -0.2) is 9.59 Å². The minimum Gasteiger partial charge on any atom is -0.465 e. The number of hydrogen-bond acceptors (Lipinski definition) is 5. The van der Waals surface area contributed by atoms with E-state index in [0.717, 1.165) is 4.88 Å². The number of carbonyl (C=O) groups excluding carboxylic acids is 2. The van der Waals surface area contributed by atoms with E-state index in [1.807, 2.05) is 24.3 Å². The molecule has 0 saturated heterocycles. The largest absolute Gasteiger partial charge is 0.465 e. The second-order valence-corrected chi connectivity index (χ2v) is 8.04. The van der Waals surface area contributed by atoms with E-state index in [9.17, 15) is 9.59 Å². The van der Waals surface area contributed by atoms with Crippen molar-refractivity contribution in [2.75, 3.05) is 20.3 Å². The molecule has 1 aliphatic carbocycles. The normalized spacial score (nSPS) is 11.6. The second kappa shape index (κ2) is 9.50. The van der Waals surface area contributed by atoms with Gasteiger partial charge in [0.1, 0.15) is 11.5 Å². The number of benzene rings is 2. The smallest absolute Gasteiger partial charge is 0.407 e. The molecule has 0 aliphatic heterocycles. The van der Waals surface area contributed by atoms with E-state index in [-0.39, 0.29) is 18.5 Å². The van der Waals surface area contributed by atoms with Crippen molar-refractivity contribution in [2.24, 2.45) is 0 Å². The second-order valence-electron chi connectivity index (χ2n) is 6.96. The third-order valence-corrected chi connectivity index (χ3v) is 6.05. The first-order valence-electron chi connectivity index (χ1n) is 9.93. The fourth-order valence-corrected chi connectivity index (χ4v) is 4.44. The molecule has 4 rings (SSSR count). The standard InChI is InChI=1S/C25H21NO4S/c1-29-24(27)23-14-13-17(31-23)8-6-7-15-26-25(28)30-16-22-20-11-4-2-9-18(20)19-10-3-5-12-21(19)22/h2-5,9-14,22H,7,15-16H2,1H3,(H,26,28). The summed E-state index contributed by atoms with van der Waals surface area (Å²) in [5.74, 6) is 5.65. The Morgan fingerprint density at radius 1 is 1.00 bits per heavy atom. The molecule has 1 aliphatic rings. The number of hydrogen-bond donors (Lipinski definition) is 1. The van der Waals surface area contributed by atoms with E-state index >= 15 is 0 Å². The van der Waals surface area contributed by atoms with Crippen molar-refractivity contribution in [3.8, 4) is 23.0 Å². The van der Waals surface area contributed by atoms with Crippen molar-refractivity contribution in [2.45, 2.75) is 12.3 Å². The molecule has 3 aromatic rings. The third-order valence-electron chi connectivity index (χ3n) is 5.07. The molecule has 156 valence electrons. The maximum absolute atomic E-state index is 12.1. The lowest BCUT2D eigenvalue weighted by Crippen LogP contribution is -2.26. The van der Waals surface area contributed by atoms with Gasteiger partial charge in [-0.1, -0.05) is 60.4 Å². The summed E-state index contributed by atoms with van der Waals surface area (Å²) in [6.45, 7) is 0.677. The van der Waals surface area contributed by atoms with Crippen LogP contribution >= 0.6 is 11.3 Å². The van der Waals surface area contributed by atoms with E-state index in [4.69, 9.17) is 4.74 Å². The Balaban J connectivity index is 1.26. The maximum atomic E-state index is 12.1.